The van der Waals surface area contributed by atoms with Gasteiger partial charge in [0.25, 0.3) is 0 Å². The summed E-state index contributed by atoms with van der Waals surface area (Å²) in [6.07, 6.45) is -4.30. The first-order chi connectivity index (χ1) is 15.5. The molecule has 0 aliphatic heterocycles. The van der Waals surface area contributed by atoms with E-state index in [0.717, 1.165) is 6.07 Å². The van der Waals surface area contributed by atoms with Gasteiger partial charge in [-0.15, -0.1) is 10.2 Å². The van der Waals surface area contributed by atoms with Gasteiger partial charge in [0.15, 0.2) is 5.82 Å². The smallest absolute Gasteiger partial charge is 0.420 e. The lowest BCUT2D eigenvalue weighted by molar-refractivity contribution is -0.138. The molecule has 0 saturated heterocycles. The van der Waals surface area contributed by atoms with E-state index in [9.17, 15) is 23.1 Å². The van der Waals surface area contributed by atoms with E-state index in [1.165, 1.54) is 17.6 Å². The molecular weight excluding hydrogens is 441 g/mol. The lowest BCUT2D eigenvalue weighted by atomic mass is 10.1. The third-order valence-electron chi connectivity index (χ3n) is 5.21. The summed E-state index contributed by atoms with van der Waals surface area (Å²) in [4.78, 5) is 16.2. The number of alkyl halides is 3. The number of aliphatic hydroxyl groups is 1. The molecule has 0 radical (unpaired) electrons. The van der Waals surface area contributed by atoms with E-state index in [-0.39, 0.29) is 17.2 Å². The van der Waals surface area contributed by atoms with Crippen LogP contribution in [0.4, 0.5) is 19.0 Å². The van der Waals surface area contributed by atoms with Gasteiger partial charge in [0.1, 0.15) is 17.7 Å². The minimum atomic E-state index is -4.59. The van der Waals surface area contributed by atoms with Crippen molar-refractivity contribution in [3.63, 3.8) is 0 Å². The summed E-state index contributed by atoms with van der Waals surface area (Å²) in [5.74, 6) is -0.0836. The molecule has 9 nitrogen and oxygen atoms in total. The fourth-order valence-corrected chi connectivity index (χ4v) is 3.39. The van der Waals surface area contributed by atoms with Crippen LogP contribution in [0.1, 0.15) is 38.1 Å². The molecule has 0 unspecified atom stereocenters. The van der Waals surface area contributed by atoms with Crippen molar-refractivity contribution in [1.29, 1.82) is 0 Å². The Morgan fingerprint density at radius 1 is 1.21 bits per heavy atom. The number of hydrogen-bond donors (Lipinski definition) is 3. The number of hydrogen-bond acceptors (Lipinski definition) is 7. The zero-order chi connectivity index (χ0) is 24.3. The number of fused-ring (bicyclic) bond motifs is 3. The minimum Gasteiger partial charge on any atom is -0.496 e. The quantitative estimate of drug-likeness (QED) is 0.414. The van der Waals surface area contributed by atoms with Gasteiger partial charge in [-0.1, -0.05) is 13.8 Å². The van der Waals surface area contributed by atoms with Crippen LogP contribution in [0, 0.1) is 12.8 Å². The third kappa shape index (κ3) is 5.27. The lowest BCUT2D eigenvalue weighted by Crippen LogP contribution is -2.38. The van der Waals surface area contributed by atoms with Gasteiger partial charge >= 0.3 is 6.18 Å². The number of benzene rings is 1. The molecule has 0 bridgehead atoms. The van der Waals surface area contributed by atoms with Crippen LogP contribution in [-0.4, -0.2) is 56.9 Å². The summed E-state index contributed by atoms with van der Waals surface area (Å²) < 4.78 is 46.9. The molecule has 1 amide bonds. The maximum atomic E-state index is 13.5. The predicted molar refractivity (Wildman–Crippen MR) is 116 cm³/mol. The minimum absolute atomic E-state index is 0.162. The normalized spacial score (nSPS) is 13.0. The Kier molecular flexibility index (Phi) is 7.25. The van der Waals surface area contributed by atoms with Crippen molar-refractivity contribution in [3.8, 4) is 5.75 Å². The number of carbonyl (C=O) groups is 1. The van der Waals surface area contributed by atoms with E-state index in [0.29, 0.717) is 48.7 Å². The first-order valence-electron chi connectivity index (χ1n) is 10.5. The highest BCUT2D eigenvalue weighted by molar-refractivity contribution is 5.85. The first kappa shape index (κ1) is 24.5. The van der Waals surface area contributed by atoms with Crippen molar-refractivity contribution in [2.45, 2.75) is 45.9 Å². The molecule has 0 spiro atoms. The molecule has 2 heterocycles. The summed E-state index contributed by atoms with van der Waals surface area (Å²) >= 11 is 0. The molecule has 180 valence electrons. The Morgan fingerprint density at radius 3 is 2.55 bits per heavy atom. The molecule has 33 heavy (non-hydrogen) atoms. The highest BCUT2D eigenvalue weighted by Gasteiger charge is 2.35. The zero-order valence-electron chi connectivity index (χ0n) is 18.8. The number of nitrogens with zero attached hydrogens (tertiary/aromatic N) is 4. The van der Waals surface area contributed by atoms with Crippen LogP contribution in [0.15, 0.2) is 12.1 Å². The Balaban J connectivity index is 1.76. The van der Waals surface area contributed by atoms with Crippen molar-refractivity contribution < 1.29 is 27.8 Å². The van der Waals surface area contributed by atoms with Gasteiger partial charge < -0.3 is 20.5 Å². The highest BCUT2D eigenvalue weighted by Crippen LogP contribution is 2.39. The van der Waals surface area contributed by atoms with Crippen LogP contribution in [0.2, 0.25) is 0 Å². The number of amides is 1. The number of nitrogens with one attached hydrogen (secondary N) is 2. The molecule has 12 heteroatoms. The van der Waals surface area contributed by atoms with Crippen LogP contribution in [0.3, 0.4) is 0 Å². The average molecular weight is 468 g/mol. The molecule has 0 saturated carbocycles. The van der Waals surface area contributed by atoms with Crippen LogP contribution >= 0.6 is 0 Å². The monoisotopic (exact) mass is 468 g/mol. The lowest BCUT2D eigenvalue weighted by Gasteiger charge is -2.15. The second kappa shape index (κ2) is 9.77. The van der Waals surface area contributed by atoms with E-state index in [1.54, 1.807) is 20.8 Å². The summed E-state index contributed by atoms with van der Waals surface area (Å²) in [6, 6.07) is 2.24. The average Bonchev–Trinajstić information content (AvgIpc) is 3.15. The fourth-order valence-electron chi connectivity index (χ4n) is 3.39. The summed E-state index contributed by atoms with van der Waals surface area (Å²) in [5, 5.41) is 23.6. The van der Waals surface area contributed by atoms with Gasteiger partial charge in [-0.3, -0.25) is 9.20 Å². The van der Waals surface area contributed by atoms with Crippen LogP contribution in [0.25, 0.3) is 16.7 Å². The SMILES string of the molecule is COc1cc2nc(NCCCCNC(=O)[C@@H](O)C(C)C)c3nnc(C)n3c2cc1C(F)(F)F. The summed E-state index contributed by atoms with van der Waals surface area (Å²) in [6.45, 7) is 6.07. The van der Waals surface area contributed by atoms with Crippen LogP contribution in [-0.2, 0) is 11.0 Å². The first-order valence-corrected chi connectivity index (χ1v) is 10.5. The van der Waals surface area contributed by atoms with Crippen molar-refractivity contribution in [1.82, 2.24) is 24.9 Å². The van der Waals surface area contributed by atoms with Gasteiger partial charge in [0.05, 0.1) is 23.7 Å². The Bertz CT molecular complexity index is 1150. The number of halogens is 3. The van der Waals surface area contributed by atoms with Gasteiger partial charge in [0.2, 0.25) is 11.6 Å². The molecule has 0 aliphatic rings. The number of aromatic nitrogens is 4. The molecule has 0 fully saturated rings. The Morgan fingerprint density at radius 2 is 1.91 bits per heavy atom. The molecule has 0 aliphatic carbocycles. The number of unbranched alkanes of at least 4 members (excludes halogenated alkanes) is 1. The van der Waals surface area contributed by atoms with Crippen LogP contribution in [0.5, 0.6) is 5.75 Å². The van der Waals surface area contributed by atoms with Crippen molar-refractivity contribution in [2.75, 3.05) is 25.5 Å². The topological polar surface area (TPSA) is 114 Å². The Hall–Kier alpha value is -3.15. The van der Waals surface area contributed by atoms with Gasteiger partial charge in [0, 0.05) is 19.2 Å². The second-order valence-corrected chi connectivity index (χ2v) is 8.02. The maximum Gasteiger partial charge on any atom is 0.420 e. The summed E-state index contributed by atoms with van der Waals surface area (Å²) in [7, 11) is 1.18. The predicted octanol–water partition coefficient (Wildman–Crippen LogP) is 2.94. The number of aryl methyl sites for hydroxylation is 1. The maximum absolute atomic E-state index is 13.5. The van der Waals surface area contributed by atoms with Crippen molar-refractivity contribution in [2.24, 2.45) is 5.92 Å². The number of methoxy groups -OCH3 is 1. The van der Waals surface area contributed by atoms with Crippen molar-refractivity contribution in [3.05, 3.63) is 23.5 Å². The van der Waals surface area contributed by atoms with E-state index in [4.69, 9.17) is 4.74 Å². The third-order valence-corrected chi connectivity index (χ3v) is 5.21. The molecular formula is C21H27F3N6O3. The van der Waals surface area contributed by atoms with Crippen molar-refractivity contribution >= 4 is 28.4 Å². The largest absolute Gasteiger partial charge is 0.496 e. The van der Waals surface area contributed by atoms with Gasteiger partial charge in [-0.2, -0.15) is 13.2 Å². The van der Waals surface area contributed by atoms with Crippen LogP contribution < -0.4 is 15.4 Å². The number of ether oxygens (including phenoxy) is 1. The van der Waals surface area contributed by atoms with Gasteiger partial charge in [-0.05, 0) is 31.7 Å². The number of aliphatic hydroxyl groups excluding tert-OH is 1. The summed E-state index contributed by atoms with van der Waals surface area (Å²) in [5.41, 5.74) is -0.0732. The number of anilines is 1. The highest BCUT2D eigenvalue weighted by atomic mass is 19.4. The molecule has 3 aromatic rings. The van der Waals surface area contributed by atoms with E-state index in [2.05, 4.69) is 25.8 Å². The van der Waals surface area contributed by atoms with E-state index < -0.39 is 23.8 Å². The molecule has 3 rings (SSSR count). The Labute approximate surface area is 188 Å². The zero-order valence-corrected chi connectivity index (χ0v) is 18.8. The fraction of sp³-hybridized carbons (Fsp3) is 0.524. The second-order valence-electron chi connectivity index (χ2n) is 8.02. The standard InChI is InChI=1S/C21H27F3N6O3/c1-11(2)17(31)20(32)26-8-6-5-7-25-18-19-29-28-12(3)30(19)15-9-13(21(22,23)24)16(33-4)10-14(15)27-18/h9-11,17,31H,5-8H2,1-4H3,(H,25,27)(H,26,32)/t17-/m0/s1. The molecule has 1 aromatic carbocycles. The molecule has 2 aromatic heterocycles. The van der Waals surface area contributed by atoms with E-state index in [1.807, 2.05) is 0 Å². The van der Waals surface area contributed by atoms with E-state index >= 15 is 0 Å². The molecule has 1 atom stereocenters. The number of carbonyl (C=O) groups excluding carboxylic acids is 1. The number of rotatable bonds is 9. The molecule has 3 N–H and O–H groups in total. The van der Waals surface area contributed by atoms with Gasteiger partial charge in [-0.25, -0.2) is 4.98 Å².